The summed E-state index contributed by atoms with van der Waals surface area (Å²) < 4.78 is 30.0. The Hall–Kier alpha value is -2.74. The van der Waals surface area contributed by atoms with Crippen LogP contribution in [0.25, 0.3) is 0 Å². The molecule has 2 aromatic carbocycles. The predicted molar refractivity (Wildman–Crippen MR) is 114 cm³/mol. The molecule has 2 atom stereocenters. The Labute approximate surface area is 180 Å². The van der Waals surface area contributed by atoms with Crippen molar-refractivity contribution in [2.24, 2.45) is 0 Å². The number of hydrogen-bond acceptors (Lipinski definition) is 7. The molecular formula is C21H25N2O7P. The van der Waals surface area contributed by atoms with E-state index in [1.54, 1.807) is 30.3 Å². The van der Waals surface area contributed by atoms with Crippen LogP contribution in [-0.2, 0) is 25.2 Å². The van der Waals surface area contributed by atoms with Crippen molar-refractivity contribution in [3.05, 3.63) is 70.3 Å². The third kappa shape index (κ3) is 6.89. The molecule has 0 amide bonds. The smallest absolute Gasteiger partial charge is 0.459 e. The van der Waals surface area contributed by atoms with Gasteiger partial charge in [-0.3, -0.25) is 19.4 Å². The number of ether oxygens (including phenoxy) is 1. The molecule has 0 heterocycles. The highest BCUT2D eigenvalue weighted by molar-refractivity contribution is 7.52. The Balaban J connectivity index is 1.68. The first-order chi connectivity index (χ1) is 14.8. The lowest BCUT2D eigenvalue weighted by molar-refractivity contribution is -0.384. The molecule has 1 unspecified atom stereocenters. The van der Waals surface area contributed by atoms with Crippen LogP contribution in [-0.4, -0.2) is 23.0 Å². The molecule has 10 heteroatoms. The van der Waals surface area contributed by atoms with E-state index in [0.717, 1.165) is 25.7 Å². The van der Waals surface area contributed by atoms with Crippen LogP contribution in [0.15, 0.2) is 54.6 Å². The van der Waals surface area contributed by atoms with E-state index >= 15 is 0 Å². The summed E-state index contributed by atoms with van der Waals surface area (Å²) >= 11 is 0. The average Bonchev–Trinajstić information content (AvgIpc) is 3.26. The molecule has 1 fully saturated rings. The first-order valence-electron chi connectivity index (χ1n) is 10.1. The molecule has 3 rings (SSSR count). The normalized spacial score (nSPS) is 16.9. The van der Waals surface area contributed by atoms with E-state index in [2.05, 4.69) is 5.09 Å². The summed E-state index contributed by atoms with van der Waals surface area (Å²) in [6.07, 6.45) is 3.58. The largest absolute Gasteiger partial charge is 0.461 e. The van der Waals surface area contributed by atoms with E-state index in [1.165, 1.54) is 31.2 Å². The lowest BCUT2D eigenvalue weighted by Gasteiger charge is -2.23. The Bertz CT molecular complexity index is 931. The fraction of sp³-hybridized carbons (Fsp3) is 0.381. The molecule has 31 heavy (non-hydrogen) atoms. The van der Waals surface area contributed by atoms with Crippen LogP contribution in [0, 0.1) is 10.1 Å². The monoisotopic (exact) mass is 448 g/mol. The third-order valence-corrected chi connectivity index (χ3v) is 6.43. The summed E-state index contributed by atoms with van der Waals surface area (Å²) in [5, 5.41) is 13.4. The molecule has 9 nitrogen and oxygen atoms in total. The SMILES string of the molecule is C[C@H](NP(=O)(OCc1ccc([N+](=O)[O-])cc1)Oc1ccccc1)C(=O)OC1CCCC1. The van der Waals surface area contributed by atoms with Gasteiger partial charge < -0.3 is 9.26 Å². The molecule has 2 aromatic rings. The van der Waals surface area contributed by atoms with Crippen LogP contribution in [0.3, 0.4) is 0 Å². The number of nitro benzene ring substituents is 1. The van der Waals surface area contributed by atoms with Gasteiger partial charge in [-0.05, 0) is 62.4 Å². The van der Waals surface area contributed by atoms with E-state index in [4.69, 9.17) is 13.8 Å². The van der Waals surface area contributed by atoms with Crippen LogP contribution in [0.1, 0.15) is 38.2 Å². The van der Waals surface area contributed by atoms with Crippen LogP contribution in [0.2, 0.25) is 0 Å². The minimum Gasteiger partial charge on any atom is -0.461 e. The molecule has 0 saturated heterocycles. The topological polar surface area (TPSA) is 117 Å². The van der Waals surface area contributed by atoms with Crippen molar-refractivity contribution in [3.8, 4) is 5.75 Å². The number of rotatable bonds is 10. The maximum absolute atomic E-state index is 13.4. The van der Waals surface area contributed by atoms with Gasteiger partial charge in [-0.2, -0.15) is 5.09 Å². The molecule has 1 aliphatic rings. The maximum atomic E-state index is 13.4. The number of hydrogen-bond donors (Lipinski definition) is 1. The summed E-state index contributed by atoms with van der Waals surface area (Å²) in [5.74, 6) is -0.221. The molecule has 0 bridgehead atoms. The second-order valence-electron chi connectivity index (χ2n) is 7.29. The first-order valence-corrected chi connectivity index (χ1v) is 11.6. The van der Waals surface area contributed by atoms with Crippen LogP contribution >= 0.6 is 7.75 Å². The highest BCUT2D eigenvalue weighted by Gasteiger charge is 2.33. The van der Waals surface area contributed by atoms with E-state index in [9.17, 15) is 19.5 Å². The summed E-state index contributed by atoms with van der Waals surface area (Å²) in [4.78, 5) is 22.7. The highest BCUT2D eigenvalue weighted by Crippen LogP contribution is 2.45. The summed E-state index contributed by atoms with van der Waals surface area (Å²) in [7, 11) is -3.98. The highest BCUT2D eigenvalue weighted by atomic mass is 31.2. The molecule has 166 valence electrons. The number of carbonyl (C=O) groups is 1. The first kappa shape index (κ1) is 22.9. The zero-order chi connectivity index (χ0) is 22.3. The quantitative estimate of drug-likeness (QED) is 0.239. The predicted octanol–water partition coefficient (Wildman–Crippen LogP) is 4.76. The van der Waals surface area contributed by atoms with Gasteiger partial charge >= 0.3 is 13.7 Å². The Kier molecular flexibility index (Phi) is 7.79. The Morgan fingerprint density at radius 2 is 1.81 bits per heavy atom. The van der Waals surface area contributed by atoms with Gasteiger partial charge in [0.05, 0.1) is 11.5 Å². The molecule has 1 aliphatic carbocycles. The van der Waals surface area contributed by atoms with Gasteiger partial charge in [0.25, 0.3) is 5.69 Å². The summed E-state index contributed by atoms with van der Waals surface area (Å²) in [5.41, 5.74) is 0.499. The number of carbonyl (C=O) groups excluding carboxylic acids is 1. The van der Waals surface area contributed by atoms with Crippen molar-refractivity contribution in [1.29, 1.82) is 0 Å². The van der Waals surface area contributed by atoms with Gasteiger partial charge in [-0.1, -0.05) is 18.2 Å². The van der Waals surface area contributed by atoms with Crippen molar-refractivity contribution in [2.75, 3.05) is 0 Å². The van der Waals surface area contributed by atoms with E-state index in [-0.39, 0.29) is 18.4 Å². The average molecular weight is 448 g/mol. The maximum Gasteiger partial charge on any atom is 0.459 e. The number of para-hydroxylation sites is 1. The molecule has 1 N–H and O–H groups in total. The number of non-ortho nitro benzene ring substituents is 1. The Morgan fingerprint density at radius 3 is 2.42 bits per heavy atom. The van der Waals surface area contributed by atoms with Crippen molar-refractivity contribution in [3.63, 3.8) is 0 Å². The van der Waals surface area contributed by atoms with Crippen molar-refractivity contribution < 1.29 is 28.1 Å². The van der Waals surface area contributed by atoms with E-state index in [0.29, 0.717) is 11.3 Å². The number of nitro groups is 1. The van der Waals surface area contributed by atoms with Crippen molar-refractivity contribution >= 4 is 19.4 Å². The minimum atomic E-state index is -3.98. The van der Waals surface area contributed by atoms with Gasteiger partial charge in [-0.25, -0.2) is 4.57 Å². The van der Waals surface area contributed by atoms with Gasteiger partial charge in [0.2, 0.25) is 0 Å². The van der Waals surface area contributed by atoms with Gasteiger partial charge in [0, 0.05) is 12.1 Å². The van der Waals surface area contributed by atoms with Crippen LogP contribution in [0.5, 0.6) is 5.75 Å². The number of nitrogens with zero attached hydrogens (tertiary/aromatic N) is 1. The molecular weight excluding hydrogens is 423 g/mol. The fourth-order valence-electron chi connectivity index (χ4n) is 3.15. The molecule has 0 aliphatic heterocycles. The summed E-state index contributed by atoms with van der Waals surface area (Å²) in [6.45, 7) is 1.40. The second-order valence-corrected chi connectivity index (χ2v) is 8.99. The molecule has 0 spiro atoms. The molecule has 0 radical (unpaired) electrons. The van der Waals surface area contributed by atoms with E-state index < -0.39 is 24.7 Å². The van der Waals surface area contributed by atoms with Gasteiger partial charge in [-0.15, -0.1) is 0 Å². The minimum absolute atomic E-state index is 0.0612. The van der Waals surface area contributed by atoms with Crippen LogP contribution in [0.4, 0.5) is 5.69 Å². The standard InChI is InChI=1S/C21H25N2O7P/c1-16(21(24)29-19-7-5-6-8-19)22-31(27,30-20-9-3-2-4-10-20)28-15-17-11-13-18(14-12-17)23(25)26/h2-4,9-14,16,19H,5-8,15H2,1H3,(H,22,27)/t16-,31?/m0/s1. The molecule has 1 saturated carbocycles. The Morgan fingerprint density at radius 1 is 1.16 bits per heavy atom. The number of esters is 1. The van der Waals surface area contributed by atoms with Gasteiger partial charge in [0.1, 0.15) is 17.9 Å². The zero-order valence-corrected chi connectivity index (χ0v) is 18.0. The zero-order valence-electron chi connectivity index (χ0n) is 17.1. The van der Waals surface area contributed by atoms with Crippen LogP contribution < -0.4 is 9.61 Å². The lowest BCUT2D eigenvalue weighted by Crippen LogP contribution is -2.36. The summed E-state index contributed by atoms with van der Waals surface area (Å²) in [6, 6.07) is 13.2. The lowest BCUT2D eigenvalue weighted by atomic mass is 10.2. The van der Waals surface area contributed by atoms with Gasteiger partial charge in [0.15, 0.2) is 0 Å². The van der Waals surface area contributed by atoms with E-state index in [1.807, 2.05) is 0 Å². The van der Waals surface area contributed by atoms with Crippen molar-refractivity contribution in [1.82, 2.24) is 5.09 Å². The molecule has 0 aromatic heterocycles. The fourth-order valence-corrected chi connectivity index (χ4v) is 4.62. The third-order valence-electron chi connectivity index (χ3n) is 4.81. The number of benzene rings is 2. The number of nitrogens with one attached hydrogen (secondary N) is 1. The second kappa shape index (κ2) is 10.5. The van der Waals surface area contributed by atoms with Crippen molar-refractivity contribution in [2.45, 2.75) is 51.4 Å².